The molecular formula is C8H22K2O7P2. The first-order chi connectivity index (χ1) is 7.77. The first kappa shape index (κ1) is 27.4. The van der Waals surface area contributed by atoms with Crippen molar-refractivity contribution in [3.63, 3.8) is 0 Å². The number of hydrogen-bond donors (Lipinski definition) is 3. The van der Waals surface area contributed by atoms with Gasteiger partial charge in [-0.15, -0.1) is 0 Å². The Hall–Kier alpha value is 3.53. The minimum Gasteiger partial charge on any atom is -1.00 e. The molecule has 0 bridgehead atoms. The molecule has 0 aliphatic carbocycles. The zero-order valence-corrected chi connectivity index (χ0v) is 19.9. The fourth-order valence-electron chi connectivity index (χ4n) is 1.22. The van der Waals surface area contributed by atoms with E-state index in [-0.39, 0.29) is 112 Å². The predicted molar refractivity (Wildman–Crippen MR) is 64.5 cm³/mol. The van der Waals surface area contributed by atoms with Crippen molar-refractivity contribution in [3.8, 4) is 0 Å². The second kappa shape index (κ2) is 15.1. The van der Waals surface area contributed by atoms with Crippen LogP contribution in [-0.2, 0) is 18.0 Å². The van der Waals surface area contributed by atoms with E-state index in [1.807, 2.05) is 0 Å². The molecule has 11 heteroatoms. The van der Waals surface area contributed by atoms with E-state index >= 15 is 0 Å². The summed E-state index contributed by atoms with van der Waals surface area (Å²) >= 11 is 0. The van der Waals surface area contributed by atoms with Crippen LogP contribution in [-0.4, -0.2) is 21.3 Å². The van der Waals surface area contributed by atoms with Crippen molar-refractivity contribution in [3.05, 3.63) is 0 Å². The Kier molecular flexibility index (Phi) is 21.7. The van der Waals surface area contributed by atoms with Crippen molar-refractivity contribution in [1.82, 2.24) is 0 Å². The number of rotatable bonds is 10. The molecule has 0 radical (unpaired) electrons. The van der Waals surface area contributed by atoms with Crippen LogP contribution in [0.2, 0.25) is 0 Å². The predicted octanol–water partition coefficient (Wildman–Crippen LogP) is -3.19. The Labute approximate surface area is 202 Å². The topological polar surface area (TPSA) is 113 Å². The second-order valence-electron chi connectivity index (χ2n) is 3.64. The smallest absolute Gasteiger partial charge is 1.00 e. The quantitative estimate of drug-likeness (QED) is 0.211. The SMILES string of the molecule is CCCCCCCCOP(=O)(O)OP(=O)(O)O.[H-].[H-].[K+].[K+]. The van der Waals surface area contributed by atoms with Gasteiger partial charge in [-0.1, -0.05) is 39.0 Å². The minimum atomic E-state index is -5.00. The van der Waals surface area contributed by atoms with Gasteiger partial charge in [0.2, 0.25) is 0 Å². The summed E-state index contributed by atoms with van der Waals surface area (Å²) in [6.45, 7) is 2.05. The first-order valence-corrected chi connectivity index (χ1v) is 8.53. The first-order valence-electron chi connectivity index (χ1n) is 5.51. The maximum absolute atomic E-state index is 11.0. The molecule has 0 saturated carbocycles. The molecule has 0 amide bonds. The van der Waals surface area contributed by atoms with Gasteiger partial charge in [0.1, 0.15) is 0 Å². The Balaban J connectivity index is -0.000000213. The number of phosphoric ester groups is 1. The van der Waals surface area contributed by atoms with Crippen LogP contribution in [0.25, 0.3) is 0 Å². The summed E-state index contributed by atoms with van der Waals surface area (Å²) in [5.41, 5.74) is 0. The zero-order valence-electron chi connectivity index (χ0n) is 13.8. The van der Waals surface area contributed by atoms with E-state index < -0.39 is 15.6 Å². The van der Waals surface area contributed by atoms with E-state index in [4.69, 9.17) is 14.7 Å². The molecule has 0 saturated heterocycles. The average molecular weight is 370 g/mol. The van der Waals surface area contributed by atoms with Crippen molar-refractivity contribution in [2.75, 3.05) is 6.61 Å². The fourth-order valence-corrected chi connectivity index (χ4v) is 2.84. The van der Waals surface area contributed by atoms with E-state index in [0.29, 0.717) is 6.42 Å². The molecule has 1 atom stereocenters. The van der Waals surface area contributed by atoms with Crippen LogP contribution < -0.4 is 103 Å². The summed E-state index contributed by atoms with van der Waals surface area (Å²) < 4.78 is 29.3. The monoisotopic (exact) mass is 370 g/mol. The standard InChI is InChI=1S/C8H20O7P2.2K.2H/c1-2-3-4-5-6-7-8-14-17(12,13)15-16(9,10)11;;;;/h2-8H2,1H3,(H,12,13)(H2,9,10,11);;;;/q;2*+1;2*-1. The third-order valence-corrected chi connectivity index (χ3v) is 4.15. The molecule has 0 aliphatic rings. The van der Waals surface area contributed by atoms with Crippen LogP contribution >= 0.6 is 15.6 Å². The second-order valence-corrected chi connectivity index (χ2v) is 6.47. The third-order valence-electron chi connectivity index (χ3n) is 1.96. The number of hydrogen-bond acceptors (Lipinski definition) is 4. The summed E-state index contributed by atoms with van der Waals surface area (Å²) in [5.74, 6) is 0. The summed E-state index contributed by atoms with van der Waals surface area (Å²) in [7, 11) is -9.63. The van der Waals surface area contributed by atoms with Crippen molar-refractivity contribution < 1.29 is 138 Å². The number of unbranched alkanes of at least 4 members (excludes halogenated alkanes) is 5. The van der Waals surface area contributed by atoms with E-state index in [9.17, 15) is 9.13 Å². The van der Waals surface area contributed by atoms with E-state index in [2.05, 4.69) is 15.8 Å². The molecule has 19 heavy (non-hydrogen) atoms. The molecule has 7 nitrogen and oxygen atoms in total. The van der Waals surface area contributed by atoms with E-state index in [1.54, 1.807) is 0 Å². The summed E-state index contributed by atoms with van der Waals surface area (Å²) in [6.07, 6.45) is 5.80. The fraction of sp³-hybridized carbons (Fsp3) is 1.00. The van der Waals surface area contributed by atoms with Crippen molar-refractivity contribution in [2.24, 2.45) is 0 Å². The van der Waals surface area contributed by atoms with Crippen LogP contribution in [0.15, 0.2) is 0 Å². The van der Waals surface area contributed by atoms with Gasteiger partial charge in [0.25, 0.3) is 0 Å². The van der Waals surface area contributed by atoms with Crippen LogP contribution in [0.4, 0.5) is 0 Å². The molecule has 0 aromatic rings. The largest absolute Gasteiger partial charge is 1.00 e. The van der Waals surface area contributed by atoms with Gasteiger partial charge in [-0.3, -0.25) is 4.52 Å². The van der Waals surface area contributed by atoms with E-state index in [1.165, 1.54) is 0 Å². The normalized spacial score (nSPS) is 14.1. The third kappa shape index (κ3) is 21.5. The van der Waals surface area contributed by atoms with Gasteiger partial charge in [0.15, 0.2) is 0 Å². The molecule has 0 fully saturated rings. The van der Waals surface area contributed by atoms with Crippen molar-refractivity contribution >= 4 is 15.6 Å². The van der Waals surface area contributed by atoms with Crippen LogP contribution in [0.5, 0.6) is 0 Å². The molecule has 108 valence electrons. The van der Waals surface area contributed by atoms with Crippen molar-refractivity contribution in [2.45, 2.75) is 45.4 Å². The maximum atomic E-state index is 11.0. The molecule has 0 aromatic carbocycles. The Morgan fingerprint density at radius 3 is 1.89 bits per heavy atom. The van der Waals surface area contributed by atoms with Gasteiger partial charge >= 0.3 is 118 Å². The van der Waals surface area contributed by atoms with Crippen molar-refractivity contribution in [1.29, 1.82) is 0 Å². The van der Waals surface area contributed by atoms with Crippen LogP contribution in [0, 0.1) is 0 Å². The zero-order chi connectivity index (χ0) is 13.4. The van der Waals surface area contributed by atoms with Gasteiger partial charge in [0, 0.05) is 0 Å². The molecule has 0 aromatic heterocycles. The van der Waals surface area contributed by atoms with Gasteiger partial charge in [0.05, 0.1) is 6.61 Å². The molecular weight excluding hydrogens is 348 g/mol. The number of phosphoric acid groups is 2. The summed E-state index contributed by atoms with van der Waals surface area (Å²) in [4.78, 5) is 25.6. The molecule has 0 rings (SSSR count). The Morgan fingerprint density at radius 2 is 1.42 bits per heavy atom. The van der Waals surface area contributed by atoms with Gasteiger partial charge in [-0.05, 0) is 6.42 Å². The van der Waals surface area contributed by atoms with Gasteiger partial charge < -0.3 is 17.5 Å². The molecule has 3 N–H and O–H groups in total. The Bertz CT molecular complexity index is 306. The summed E-state index contributed by atoms with van der Waals surface area (Å²) in [5, 5.41) is 0. The summed E-state index contributed by atoms with van der Waals surface area (Å²) in [6, 6.07) is 0. The molecule has 0 heterocycles. The average Bonchev–Trinajstić information content (AvgIpc) is 2.12. The van der Waals surface area contributed by atoms with Gasteiger partial charge in [-0.25, -0.2) is 9.13 Å². The van der Waals surface area contributed by atoms with Gasteiger partial charge in [-0.2, -0.15) is 4.31 Å². The molecule has 0 spiro atoms. The molecule has 1 unspecified atom stereocenters. The Morgan fingerprint density at radius 1 is 0.947 bits per heavy atom. The van der Waals surface area contributed by atoms with Crippen LogP contribution in [0.1, 0.15) is 48.3 Å². The minimum absolute atomic E-state index is 0. The molecule has 0 aliphatic heterocycles. The maximum Gasteiger partial charge on any atom is 1.00 e. The van der Waals surface area contributed by atoms with Crippen LogP contribution in [0.3, 0.4) is 0 Å². The van der Waals surface area contributed by atoms with E-state index in [0.717, 1.165) is 32.1 Å².